The van der Waals surface area contributed by atoms with Crippen LogP contribution in [0.2, 0.25) is 0 Å². The summed E-state index contributed by atoms with van der Waals surface area (Å²) in [6.07, 6.45) is 10.1. The van der Waals surface area contributed by atoms with E-state index >= 15 is 0 Å². The van der Waals surface area contributed by atoms with E-state index in [-0.39, 0.29) is 5.82 Å². The van der Waals surface area contributed by atoms with Crippen molar-refractivity contribution in [3.8, 4) is 0 Å². The van der Waals surface area contributed by atoms with Crippen molar-refractivity contribution in [2.24, 2.45) is 0 Å². The van der Waals surface area contributed by atoms with E-state index in [1.54, 1.807) is 12.1 Å². The minimum absolute atomic E-state index is 0.159. The van der Waals surface area contributed by atoms with Gasteiger partial charge in [-0.05, 0) is 53.6 Å². The lowest BCUT2D eigenvalue weighted by Crippen LogP contribution is -2.20. The van der Waals surface area contributed by atoms with Crippen molar-refractivity contribution in [2.45, 2.75) is 71.3 Å². The number of unbranched alkanes of at least 4 members (excludes halogenated alkanes) is 4. The first kappa shape index (κ1) is 17.7. The molecule has 0 atom stereocenters. The first-order chi connectivity index (χ1) is 9.67. The fourth-order valence-corrected chi connectivity index (χ4v) is 3.03. The van der Waals surface area contributed by atoms with Crippen LogP contribution in [0.4, 0.5) is 10.1 Å². The highest BCUT2D eigenvalue weighted by Gasteiger charge is 2.10. The van der Waals surface area contributed by atoms with Crippen LogP contribution in [-0.4, -0.2) is 6.04 Å². The summed E-state index contributed by atoms with van der Waals surface area (Å²) in [4.78, 5) is 0. The summed E-state index contributed by atoms with van der Waals surface area (Å²) in [7, 11) is 0. The Bertz CT molecular complexity index is 371. The van der Waals surface area contributed by atoms with Crippen LogP contribution in [0, 0.1) is 9.39 Å². The molecule has 20 heavy (non-hydrogen) atoms. The highest BCUT2D eigenvalue weighted by molar-refractivity contribution is 14.1. The molecule has 0 aliphatic carbocycles. The van der Waals surface area contributed by atoms with Crippen molar-refractivity contribution >= 4 is 28.3 Å². The van der Waals surface area contributed by atoms with Gasteiger partial charge in [0.15, 0.2) is 0 Å². The molecule has 0 saturated heterocycles. The summed E-state index contributed by atoms with van der Waals surface area (Å²) in [5.41, 5.74) is 1.07. The predicted molar refractivity (Wildman–Crippen MR) is 94.8 cm³/mol. The lowest BCUT2D eigenvalue weighted by atomic mass is 10.0. The van der Waals surface area contributed by atoms with Crippen molar-refractivity contribution in [3.05, 3.63) is 27.6 Å². The molecule has 0 spiro atoms. The number of benzene rings is 1. The van der Waals surface area contributed by atoms with Gasteiger partial charge in [-0.15, -0.1) is 0 Å². The van der Waals surface area contributed by atoms with Crippen molar-refractivity contribution in [3.63, 3.8) is 0 Å². The van der Waals surface area contributed by atoms with E-state index in [9.17, 15) is 4.39 Å². The van der Waals surface area contributed by atoms with Gasteiger partial charge in [-0.2, -0.15) is 0 Å². The topological polar surface area (TPSA) is 12.0 Å². The van der Waals surface area contributed by atoms with Crippen molar-refractivity contribution in [1.29, 1.82) is 0 Å². The zero-order valence-corrected chi connectivity index (χ0v) is 14.9. The van der Waals surface area contributed by atoms with Gasteiger partial charge < -0.3 is 5.32 Å². The van der Waals surface area contributed by atoms with Crippen LogP contribution in [0.15, 0.2) is 18.2 Å². The molecule has 0 aliphatic heterocycles. The van der Waals surface area contributed by atoms with E-state index in [1.807, 2.05) is 6.07 Å². The summed E-state index contributed by atoms with van der Waals surface area (Å²) in [6, 6.07) is 5.52. The fourth-order valence-electron chi connectivity index (χ4n) is 2.40. The Morgan fingerprint density at radius 1 is 1.05 bits per heavy atom. The van der Waals surface area contributed by atoms with Gasteiger partial charge in [-0.3, -0.25) is 0 Å². The summed E-state index contributed by atoms with van der Waals surface area (Å²) >= 11 is 2.21. The van der Waals surface area contributed by atoms with Crippen LogP contribution in [-0.2, 0) is 0 Å². The molecule has 0 unspecified atom stereocenters. The van der Waals surface area contributed by atoms with Crippen molar-refractivity contribution in [2.75, 3.05) is 5.32 Å². The summed E-state index contributed by atoms with van der Waals surface area (Å²) in [6.45, 7) is 4.48. The maximum atomic E-state index is 13.1. The largest absolute Gasteiger partial charge is 0.381 e. The highest BCUT2D eigenvalue weighted by atomic mass is 127. The Labute approximate surface area is 136 Å². The van der Waals surface area contributed by atoms with Gasteiger partial charge in [0.25, 0.3) is 0 Å². The summed E-state index contributed by atoms with van der Waals surface area (Å²) in [5.74, 6) is -0.159. The molecule has 0 aromatic heterocycles. The molecule has 0 heterocycles. The van der Waals surface area contributed by atoms with Gasteiger partial charge in [0, 0.05) is 15.3 Å². The van der Waals surface area contributed by atoms with Crippen LogP contribution in [0.3, 0.4) is 0 Å². The highest BCUT2D eigenvalue weighted by Crippen LogP contribution is 2.23. The quantitative estimate of drug-likeness (QED) is 0.361. The first-order valence-electron chi connectivity index (χ1n) is 7.89. The van der Waals surface area contributed by atoms with Gasteiger partial charge >= 0.3 is 0 Å². The third kappa shape index (κ3) is 6.91. The monoisotopic (exact) mass is 391 g/mol. The number of anilines is 1. The third-order valence-electron chi connectivity index (χ3n) is 3.60. The van der Waals surface area contributed by atoms with Crippen molar-refractivity contribution in [1.82, 2.24) is 0 Å². The average molecular weight is 391 g/mol. The lowest BCUT2D eigenvalue weighted by molar-refractivity contribution is 0.526. The lowest BCUT2D eigenvalue weighted by Gasteiger charge is -2.21. The van der Waals surface area contributed by atoms with Gasteiger partial charge in [0.2, 0.25) is 0 Å². The van der Waals surface area contributed by atoms with Gasteiger partial charge in [0.1, 0.15) is 5.82 Å². The van der Waals surface area contributed by atoms with Gasteiger partial charge in [-0.25, -0.2) is 4.39 Å². The normalized spacial score (nSPS) is 11.1. The second-order valence-electron chi connectivity index (χ2n) is 5.46. The number of rotatable bonds is 10. The SMILES string of the molecule is CCCCCC(CCCCC)Nc1ccc(F)cc1I. The van der Waals surface area contributed by atoms with Gasteiger partial charge in [-0.1, -0.05) is 52.4 Å². The molecule has 0 saturated carbocycles. The van der Waals surface area contributed by atoms with Crippen LogP contribution in [0.1, 0.15) is 65.2 Å². The smallest absolute Gasteiger partial charge is 0.124 e. The first-order valence-corrected chi connectivity index (χ1v) is 8.96. The molecular formula is C17H27FIN. The number of nitrogens with one attached hydrogen (secondary N) is 1. The molecule has 1 aromatic carbocycles. The van der Waals surface area contributed by atoms with Crippen LogP contribution in [0.5, 0.6) is 0 Å². The Morgan fingerprint density at radius 2 is 1.65 bits per heavy atom. The zero-order chi connectivity index (χ0) is 14.8. The molecule has 0 amide bonds. The second kappa shape index (κ2) is 10.4. The zero-order valence-electron chi connectivity index (χ0n) is 12.7. The fraction of sp³-hybridized carbons (Fsp3) is 0.647. The molecule has 0 fully saturated rings. The molecule has 1 N–H and O–H groups in total. The van der Waals surface area contributed by atoms with E-state index in [1.165, 1.54) is 51.4 Å². The van der Waals surface area contributed by atoms with E-state index in [0.29, 0.717) is 6.04 Å². The van der Waals surface area contributed by atoms with Crippen LogP contribution < -0.4 is 5.32 Å². The van der Waals surface area contributed by atoms with E-state index in [4.69, 9.17) is 0 Å². The Hall–Kier alpha value is -0.320. The summed E-state index contributed by atoms with van der Waals surface area (Å²) in [5, 5.41) is 3.62. The van der Waals surface area contributed by atoms with Crippen molar-refractivity contribution < 1.29 is 4.39 Å². The standard InChI is InChI=1S/C17H27FIN/c1-3-5-7-9-15(10-8-6-4-2)20-17-12-11-14(18)13-16(17)19/h11-13,15,20H,3-10H2,1-2H3. The molecule has 0 bridgehead atoms. The minimum Gasteiger partial charge on any atom is -0.381 e. The Balaban J connectivity index is 2.56. The second-order valence-corrected chi connectivity index (χ2v) is 6.62. The molecule has 0 radical (unpaired) electrons. The number of hydrogen-bond acceptors (Lipinski definition) is 1. The average Bonchev–Trinajstić information content (AvgIpc) is 2.42. The maximum Gasteiger partial charge on any atom is 0.124 e. The molecule has 114 valence electrons. The Kier molecular flexibility index (Phi) is 9.23. The molecule has 3 heteroatoms. The van der Waals surface area contributed by atoms with Crippen LogP contribution >= 0.6 is 22.6 Å². The Morgan fingerprint density at radius 3 is 2.15 bits per heavy atom. The van der Waals surface area contributed by atoms with E-state index in [2.05, 4.69) is 41.8 Å². The molecule has 1 aromatic rings. The summed E-state index contributed by atoms with van der Waals surface area (Å²) < 4.78 is 14.1. The third-order valence-corrected chi connectivity index (χ3v) is 4.50. The predicted octanol–water partition coefficient (Wildman–Crippen LogP) is 6.37. The van der Waals surface area contributed by atoms with Crippen LogP contribution in [0.25, 0.3) is 0 Å². The van der Waals surface area contributed by atoms with E-state index in [0.717, 1.165) is 9.26 Å². The number of halogens is 2. The minimum atomic E-state index is -0.159. The molecule has 1 nitrogen and oxygen atoms in total. The number of hydrogen-bond donors (Lipinski definition) is 1. The van der Waals surface area contributed by atoms with E-state index < -0.39 is 0 Å². The maximum absolute atomic E-state index is 13.1. The molecule has 1 rings (SSSR count). The molecular weight excluding hydrogens is 364 g/mol. The molecule has 0 aliphatic rings. The van der Waals surface area contributed by atoms with Gasteiger partial charge in [0.05, 0.1) is 0 Å².